The third kappa shape index (κ3) is 4.28. The van der Waals surface area contributed by atoms with Gasteiger partial charge in [0.15, 0.2) is 6.61 Å². The quantitative estimate of drug-likeness (QED) is 0.610. The second kappa shape index (κ2) is 8.08. The molecule has 0 aliphatic carbocycles. The van der Waals surface area contributed by atoms with Crippen LogP contribution in [0.15, 0.2) is 42.5 Å². The molecule has 0 bridgehead atoms. The largest absolute Gasteiger partial charge is 0.484 e. The number of fused-ring (bicyclic) bond motifs is 1. The lowest BCUT2D eigenvalue weighted by atomic mass is 10.0. The Morgan fingerprint density at radius 2 is 2.07 bits per heavy atom. The van der Waals surface area contributed by atoms with Crippen LogP contribution in [0.1, 0.15) is 30.5 Å². The molecular weight excluding hydrogens is 362 g/mol. The Morgan fingerprint density at radius 3 is 2.82 bits per heavy atom. The fraction of sp³-hybridized carbons (Fsp3) is 0.300. The Hall–Kier alpha value is -3.42. The van der Waals surface area contributed by atoms with E-state index < -0.39 is 4.92 Å². The molecule has 1 aliphatic rings. The third-order valence-corrected chi connectivity index (χ3v) is 4.87. The first kappa shape index (κ1) is 19.3. The molecule has 0 spiro atoms. The fourth-order valence-corrected chi connectivity index (χ4v) is 3.03. The average Bonchev–Trinajstić information content (AvgIpc) is 2.70. The van der Waals surface area contributed by atoms with Crippen LogP contribution in [0.5, 0.6) is 5.75 Å². The highest BCUT2D eigenvalue weighted by Gasteiger charge is 2.20. The second-order valence-electron chi connectivity index (χ2n) is 6.69. The van der Waals surface area contributed by atoms with Crippen LogP contribution in [-0.4, -0.2) is 35.3 Å². The van der Waals surface area contributed by atoms with Gasteiger partial charge in [0.25, 0.3) is 11.6 Å². The van der Waals surface area contributed by atoms with Crippen LogP contribution in [0.25, 0.3) is 0 Å². The Balaban J connectivity index is 1.62. The zero-order valence-corrected chi connectivity index (χ0v) is 15.7. The summed E-state index contributed by atoms with van der Waals surface area (Å²) in [6.07, 6.45) is 1.06. The van der Waals surface area contributed by atoms with Gasteiger partial charge >= 0.3 is 0 Å². The summed E-state index contributed by atoms with van der Waals surface area (Å²) in [6.45, 7) is 1.65. The van der Waals surface area contributed by atoms with Crippen LogP contribution in [-0.2, 0) is 16.0 Å². The minimum atomic E-state index is -0.459. The van der Waals surface area contributed by atoms with E-state index in [0.717, 1.165) is 11.3 Å². The number of carbonyl (C=O) groups excluding carboxylic acids is 2. The molecule has 1 N–H and O–H groups in total. The van der Waals surface area contributed by atoms with Crippen molar-refractivity contribution in [2.45, 2.75) is 25.8 Å². The first-order valence-corrected chi connectivity index (χ1v) is 8.90. The van der Waals surface area contributed by atoms with Crippen LogP contribution in [0.2, 0.25) is 0 Å². The number of aryl methyl sites for hydroxylation is 1. The number of ether oxygens (including phenoxy) is 1. The van der Waals surface area contributed by atoms with E-state index in [4.69, 9.17) is 4.74 Å². The van der Waals surface area contributed by atoms with Crippen molar-refractivity contribution in [2.24, 2.45) is 0 Å². The number of non-ortho nitro benzene ring substituents is 1. The van der Waals surface area contributed by atoms with Crippen molar-refractivity contribution in [3.63, 3.8) is 0 Å². The van der Waals surface area contributed by atoms with Gasteiger partial charge in [0.2, 0.25) is 5.91 Å². The summed E-state index contributed by atoms with van der Waals surface area (Å²) in [6, 6.07) is 11.2. The number of benzene rings is 2. The van der Waals surface area contributed by atoms with Gasteiger partial charge in [-0.25, -0.2) is 0 Å². The predicted octanol–water partition coefficient (Wildman–Crippen LogP) is 3.08. The van der Waals surface area contributed by atoms with Crippen molar-refractivity contribution >= 4 is 23.2 Å². The van der Waals surface area contributed by atoms with Gasteiger partial charge in [-0.1, -0.05) is 12.1 Å². The number of hydrogen-bond acceptors (Lipinski definition) is 5. The van der Waals surface area contributed by atoms with Gasteiger partial charge in [0.1, 0.15) is 5.75 Å². The SMILES string of the molecule is C[C@@H](c1cccc([N+](=O)[O-])c1)N(C)C(=O)COc1ccc2c(c1)CCC(=O)N2. The van der Waals surface area contributed by atoms with Crippen molar-refractivity contribution in [3.8, 4) is 5.75 Å². The molecule has 28 heavy (non-hydrogen) atoms. The van der Waals surface area contributed by atoms with Crippen molar-refractivity contribution in [3.05, 3.63) is 63.7 Å². The molecule has 1 aliphatic heterocycles. The normalized spacial score (nSPS) is 13.9. The molecule has 0 unspecified atom stereocenters. The lowest BCUT2D eigenvalue weighted by Gasteiger charge is -2.25. The number of nitrogens with zero attached hydrogens (tertiary/aromatic N) is 2. The molecule has 1 heterocycles. The Labute approximate surface area is 162 Å². The fourth-order valence-electron chi connectivity index (χ4n) is 3.03. The van der Waals surface area contributed by atoms with Crippen LogP contribution in [0.3, 0.4) is 0 Å². The van der Waals surface area contributed by atoms with E-state index in [1.165, 1.54) is 17.0 Å². The molecule has 146 valence electrons. The molecular formula is C20H21N3O5. The molecule has 2 aromatic carbocycles. The molecule has 0 saturated heterocycles. The minimum absolute atomic E-state index is 0.00638. The van der Waals surface area contributed by atoms with Gasteiger partial charge in [-0.3, -0.25) is 19.7 Å². The Bertz CT molecular complexity index is 928. The maximum Gasteiger partial charge on any atom is 0.269 e. The van der Waals surface area contributed by atoms with E-state index in [1.54, 1.807) is 38.2 Å². The monoisotopic (exact) mass is 383 g/mol. The van der Waals surface area contributed by atoms with Gasteiger partial charge in [0.05, 0.1) is 11.0 Å². The van der Waals surface area contributed by atoms with Crippen molar-refractivity contribution in [2.75, 3.05) is 19.0 Å². The number of nitro benzene ring substituents is 1. The van der Waals surface area contributed by atoms with Crippen LogP contribution in [0, 0.1) is 10.1 Å². The van der Waals surface area contributed by atoms with Gasteiger partial charge in [-0.15, -0.1) is 0 Å². The lowest BCUT2D eigenvalue weighted by molar-refractivity contribution is -0.384. The van der Waals surface area contributed by atoms with Gasteiger partial charge in [0, 0.05) is 31.3 Å². The molecule has 0 aromatic heterocycles. The smallest absolute Gasteiger partial charge is 0.269 e. The summed E-state index contributed by atoms with van der Waals surface area (Å²) in [5.41, 5.74) is 2.41. The van der Waals surface area contributed by atoms with Crippen molar-refractivity contribution in [1.29, 1.82) is 0 Å². The minimum Gasteiger partial charge on any atom is -0.484 e. The first-order valence-electron chi connectivity index (χ1n) is 8.90. The summed E-state index contributed by atoms with van der Waals surface area (Å²) in [7, 11) is 1.64. The number of anilines is 1. The number of likely N-dealkylation sites (N-methyl/N-ethyl adjacent to an activating group) is 1. The molecule has 0 radical (unpaired) electrons. The number of nitro groups is 1. The molecule has 0 fully saturated rings. The van der Waals surface area contributed by atoms with Crippen LogP contribution >= 0.6 is 0 Å². The first-order chi connectivity index (χ1) is 13.3. The number of carbonyl (C=O) groups is 2. The molecule has 8 heteroatoms. The molecule has 2 aromatic rings. The Kier molecular flexibility index (Phi) is 5.58. The van der Waals surface area contributed by atoms with E-state index in [0.29, 0.717) is 24.2 Å². The number of nitrogens with one attached hydrogen (secondary N) is 1. The van der Waals surface area contributed by atoms with Crippen molar-refractivity contribution in [1.82, 2.24) is 4.90 Å². The molecule has 0 saturated carbocycles. The van der Waals surface area contributed by atoms with Gasteiger partial charge in [-0.2, -0.15) is 0 Å². The lowest BCUT2D eigenvalue weighted by Crippen LogP contribution is -2.33. The van der Waals surface area contributed by atoms with E-state index in [2.05, 4.69) is 5.32 Å². The van der Waals surface area contributed by atoms with Crippen LogP contribution < -0.4 is 10.1 Å². The topological polar surface area (TPSA) is 102 Å². The summed E-state index contributed by atoms with van der Waals surface area (Å²) in [5.74, 6) is 0.304. The standard InChI is InChI=1S/C20H21N3O5/c1-13(14-4-3-5-16(10-14)23(26)27)22(2)20(25)12-28-17-7-8-18-15(11-17)6-9-19(24)21-18/h3-5,7-8,10-11,13H,6,9,12H2,1-2H3,(H,21,24)/t13-/m0/s1. The van der Waals surface area contributed by atoms with Crippen LogP contribution in [0.4, 0.5) is 11.4 Å². The van der Waals surface area contributed by atoms with E-state index in [9.17, 15) is 19.7 Å². The average molecular weight is 383 g/mol. The highest BCUT2D eigenvalue weighted by molar-refractivity contribution is 5.94. The number of amides is 2. The molecule has 2 amide bonds. The maximum atomic E-state index is 12.5. The van der Waals surface area contributed by atoms with Crippen molar-refractivity contribution < 1.29 is 19.2 Å². The van der Waals surface area contributed by atoms with Gasteiger partial charge in [-0.05, 0) is 42.7 Å². The highest BCUT2D eigenvalue weighted by Crippen LogP contribution is 2.27. The zero-order valence-electron chi connectivity index (χ0n) is 15.7. The maximum absolute atomic E-state index is 12.5. The molecule has 3 rings (SSSR count). The summed E-state index contributed by atoms with van der Waals surface area (Å²) in [4.78, 5) is 35.9. The summed E-state index contributed by atoms with van der Waals surface area (Å²) < 4.78 is 5.62. The van der Waals surface area contributed by atoms with E-state index in [1.807, 2.05) is 6.07 Å². The van der Waals surface area contributed by atoms with E-state index in [-0.39, 0.29) is 30.2 Å². The summed E-state index contributed by atoms with van der Waals surface area (Å²) in [5, 5.41) is 13.7. The Morgan fingerprint density at radius 1 is 1.29 bits per heavy atom. The number of rotatable bonds is 6. The molecule has 8 nitrogen and oxygen atoms in total. The third-order valence-electron chi connectivity index (χ3n) is 4.87. The summed E-state index contributed by atoms with van der Waals surface area (Å²) >= 11 is 0. The molecule has 1 atom stereocenters. The highest BCUT2D eigenvalue weighted by atomic mass is 16.6. The van der Waals surface area contributed by atoms with E-state index >= 15 is 0 Å². The predicted molar refractivity (Wildman–Crippen MR) is 103 cm³/mol. The zero-order chi connectivity index (χ0) is 20.3. The van der Waals surface area contributed by atoms with Gasteiger partial charge < -0.3 is 15.0 Å². The second-order valence-corrected chi connectivity index (χ2v) is 6.69. The number of hydrogen-bond donors (Lipinski definition) is 1.